The van der Waals surface area contributed by atoms with E-state index in [2.05, 4.69) is 0 Å². The summed E-state index contributed by atoms with van der Waals surface area (Å²) >= 11 is 5.82. The molecule has 2 rings (SSSR count). The summed E-state index contributed by atoms with van der Waals surface area (Å²) in [5, 5.41) is 9.60. The molecule has 20 heavy (non-hydrogen) atoms. The van der Waals surface area contributed by atoms with Crippen LogP contribution in [0.1, 0.15) is 19.3 Å². The number of hydrogen-bond acceptors (Lipinski definition) is 3. The Labute approximate surface area is 122 Å². The molecule has 1 fully saturated rings. The number of carbonyl (C=O) groups excluding carboxylic acids is 1. The van der Waals surface area contributed by atoms with Crippen LogP contribution in [0, 0.1) is 0 Å². The molecule has 1 aliphatic heterocycles. The normalized spacial score (nSPS) is 18.1. The van der Waals surface area contributed by atoms with Crippen LogP contribution in [0.15, 0.2) is 24.3 Å². The van der Waals surface area contributed by atoms with Gasteiger partial charge < -0.3 is 14.7 Å². The van der Waals surface area contributed by atoms with Gasteiger partial charge in [-0.05, 0) is 31.0 Å². The fourth-order valence-electron chi connectivity index (χ4n) is 2.28. The molecule has 1 unspecified atom stereocenters. The molecule has 1 heterocycles. The van der Waals surface area contributed by atoms with Gasteiger partial charge in [0.2, 0.25) is 5.91 Å². The zero-order valence-electron chi connectivity index (χ0n) is 10.9. The van der Waals surface area contributed by atoms with Crippen LogP contribution in [0.25, 0.3) is 0 Å². The molecule has 1 saturated heterocycles. The lowest BCUT2D eigenvalue weighted by Gasteiger charge is -2.21. The molecule has 1 aliphatic rings. The van der Waals surface area contributed by atoms with Crippen LogP contribution in [0.3, 0.4) is 0 Å². The number of carboxylic acids is 1. The maximum atomic E-state index is 12.0. The topological polar surface area (TPSA) is 66.8 Å². The van der Waals surface area contributed by atoms with Crippen molar-refractivity contribution in [2.75, 3.05) is 13.2 Å². The van der Waals surface area contributed by atoms with E-state index < -0.39 is 12.0 Å². The van der Waals surface area contributed by atoms with Crippen molar-refractivity contribution in [3.63, 3.8) is 0 Å². The van der Waals surface area contributed by atoms with E-state index in [-0.39, 0.29) is 18.9 Å². The van der Waals surface area contributed by atoms with Crippen molar-refractivity contribution in [2.24, 2.45) is 0 Å². The number of amides is 1. The first-order valence-corrected chi connectivity index (χ1v) is 6.86. The molecular weight excluding hydrogens is 282 g/mol. The van der Waals surface area contributed by atoms with Crippen molar-refractivity contribution in [1.82, 2.24) is 4.90 Å². The minimum atomic E-state index is -0.938. The van der Waals surface area contributed by atoms with Crippen LogP contribution in [0.4, 0.5) is 0 Å². The second-order valence-corrected chi connectivity index (χ2v) is 5.08. The lowest BCUT2D eigenvalue weighted by molar-refractivity contribution is -0.148. The number of hydrogen-bond donors (Lipinski definition) is 1. The predicted molar refractivity (Wildman–Crippen MR) is 73.9 cm³/mol. The molecule has 1 N–H and O–H groups in total. The summed E-state index contributed by atoms with van der Waals surface area (Å²) in [5.74, 6) is -0.523. The zero-order valence-corrected chi connectivity index (χ0v) is 11.7. The summed E-state index contributed by atoms with van der Waals surface area (Å²) in [6.45, 7) is 0.717. The number of likely N-dealkylation sites (tertiary alicyclic amines) is 1. The molecule has 0 bridgehead atoms. The Morgan fingerprint density at radius 2 is 2.25 bits per heavy atom. The number of benzene rings is 1. The average molecular weight is 298 g/mol. The van der Waals surface area contributed by atoms with E-state index in [9.17, 15) is 9.59 Å². The molecule has 1 aromatic rings. The number of nitrogens with zero attached hydrogens (tertiary/aromatic N) is 1. The van der Waals surface area contributed by atoms with Crippen molar-refractivity contribution < 1.29 is 19.4 Å². The first-order chi connectivity index (χ1) is 9.58. The first-order valence-electron chi connectivity index (χ1n) is 6.48. The van der Waals surface area contributed by atoms with E-state index in [1.54, 1.807) is 24.3 Å². The summed E-state index contributed by atoms with van der Waals surface area (Å²) in [6.07, 6.45) is 1.42. The van der Waals surface area contributed by atoms with E-state index in [0.717, 1.165) is 6.42 Å². The number of halogens is 1. The van der Waals surface area contributed by atoms with E-state index in [1.165, 1.54) is 4.90 Å². The molecule has 0 saturated carbocycles. The summed E-state index contributed by atoms with van der Waals surface area (Å²) in [5.41, 5.74) is 0. The van der Waals surface area contributed by atoms with Crippen LogP contribution in [-0.4, -0.2) is 41.1 Å². The second kappa shape index (κ2) is 6.61. The largest absolute Gasteiger partial charge is 0.493 e. The molecular formula is C14H16ClNO4. The fourth-order valence-corrected chi connectivity index (χ4v) is 2.46. The third-order valence-corrected chi connectivity index (χ3v) is 3.47. The van der Waals surface area contributed by atoms with Crippen molar-refractivity contribution in [3.8, 4) is 5.75 Å². The number of carbonyl (C=O) groups is 2. The predicted octanol–water partition coefficient (Wildman–Crippen LogP) is 2.18. The Balaban J connectivity index is 1.82. The molecule has 0 radical (unpaired) electrons. The second-order valence-electron chi connectivity index (χ2n) is 4.64. The molecule has 0 aromatic heterocycles. The lowest BCUT2D eigenvalue weighted by Crippen LogP contribution is -2.40. The first kappa shape index (κ1) is 14.7. The Morgan fingerprint density at radius 3 is 2.95 bits per heavy atom. The third kappa shape index (κ3) is 3.63. The number of rotatable bonds is 5. The summed E-state index contributed by atoms with van der Waals surface area (Å²) < 4.78 is 5.43. The van der Waals surface area contributed by atoms with Gasteiger partial charge in [-0.3, -0.25) is 4.79 Å². The SMILES string of the molecule is O=C(O)C1CCCN1C(=O)CCOc1cccc(Cl)c1. The summed E-state index contributed by atoms with van der Waals surface area (Å²) in [6, 6.07) is 6.24. The van der Waals surface area contributed by atoms with E-state index in [1.807, 2.05) is 0 Å². The minimum absolute atomic E-state index is 0.163. The van der Waals surface area contributed by atoms with Crippen LogP contribution >= 0.6 is 11.6 Å². The lowest BCUT2D eigenvalue weighted by atomic mass is 10.2. The maximum absolute atomic E-state index is 12.0. The van der Waals surface area contributed by atoms with Gasteiger partial charge in [-0.2, -0.15) is 0 Å². The Morgan fingerprint density at radius 1 is 1.45 bits per heavy atom. The molecule has 5 nitrogen and oxygen atoms in total. The van der Waals surface area contributed by atoms with Gasteiger partial charge in [-0.1, -0.05) is 17.7 Å². The van der Waals surface area contributed by atoms with E-state index >= 15 is 0 Å². The summed E-state index contributed by atoms with van der Waals surface area (Å²) in [4.78, 5) is 24.4. The van der Waals surface area contributed by atoms with E-state index in [4.69, 9.17) is 21.4 Å². The molecule has 6 heteroatoms. The Kier molecular flexibility index (Phi) is 4.84. The van der Waals surface area contributed by atoms with Gasteiger partial charge in [0.05, 0.1) is 13.0 Å². The molecule has 0 aliphatic carbocycles. The van der Waals surface area contributed by atoms with Gasteiger partial charge in [0, 0.05) is 11.6 Å². The van der Waals surface area contributed by atoms with Gasteiger partial charge in [-0.25, -0.2) is 4.79 Å². The van der Waals surface area contributed by atoms with Crippen LogP contribution in [-0.2, 0) is 9.59 Å². The Bertz CT molecular complexity index is 506. The molecule has 0 spiro atoms. The van der Waals surface area contributed by atoms with Gasteiger partial charge in [0.1, 0.15) is 11.8 Å². The average Bonchev–Trinajstić information content (AvgIpc) is 2.88. The van der Waals surface area contributed by atoms with Crippen LogP contribution in [0.2, 0.25) is 5.02 Å². The quantitative estimate of drug-likeness (QED) is 0.904. The van der Waals surface area contributed by atoms with Crippen molar-refractivity contribution in [2.45, 2.75) is 25.3 Å². The summed E-state index contributed by atoms with van der Waals surface area (Å²) in [7, 11) is 0. The number of aliphatic carboxylic acids is 1. The van der Waals surface area contributed by atoms with Crippen molar-refractivity contribution >= 4 is 23.5 Å². The van der Waals surface area contributed by atoms with Gasteiger partial charge in [0.15, 0.2) is 0 Å². The smallest absolute Gasteiger partial charge is 0.326 e. The maximum Gasteiger partial charge on any atom is 0.326 e. The van der Waals surface area contributed by atoms with Crippen LogP contribution in [0.5, 0.6) is 5.75 Å². The molecule has 1 atom stereocenters. The standard InChI is InChI=1S/C14H16ClNO4/c15-10-3-1-4-11(9-10)20-8-6-13(17)16-7-2-5-12(16)14(18)19/h1,3-4,9,12H,2,5-8H2,(H,18,19). The minimum Gasteiger partial charge on any atom is -0.493 e. The molecule has 108 valence electrons. The van der Waals surface area contributed by atoms with Crippen LogP contribution < -0.4 is 4.74 Å². The van der Waals surface area contributed by atoms with Gasteiger partial charge in [0.25, 0.3) is 0 Å². The fraction of sp³-hybridized carbons (Fsp3) is 0.429. The zero-order chi connectivity index (χ0) is 14.5. The monoisotopic (exact) mass is 297 g/mol. The highest BCUT2D eigenvalue weighted by Crippen LogP contribution is 2.20. The Hall–Kier alpha value is -1.75. The van der Waals surface area contributed by atoms with E-state index in [0.29, 0.717) is 23.7 Å². The van der Waals surface area contributed by atoms with Crippen molar-refractivity contribution in [3.05, 3.63) is 29.3 Å². The molecule has 1 aromatic carbocycles. The number of carboxylic acid groups (broad SMARTS) is 1. The highest BCUT2D eigenvalue weighted by atomic mass is 35.5. The third-order valence-electron chi connectivity index (χ3n) is 3.24. The van der Waals surface area contributed by atoms with Crippen molar-refractivity contribution in [1.29, 1.82) is 0 Å². The molecule has 1 amide bonds. The highest BCUT2D eigenvalue weighted by Gasteiger charge is 2.33. The van der Waals surface area contributed by atoms with Gasteiger partial charge in [-0.15, -0.1) is 0 Å². The van der Waals surface area contributed by atoms with Gasteiger partial charge >= 0.3 is 5.97 Å². The number of ether oxygens (including phenoxy) is 1. The highest BCUT2D eigenvalue weighted by molar-refractivity contribution is 6.30.